The Morgan fingerprint density at radius 2 is 1.68 bits per heavy atom. The van der Waals surface area contributed by atoms with Gasteiger partial charge in [-0.25, -0.2) is 12.8 Å². The number of hydrogen-bond donors (Lipinski definition) is 1. The van der Waals surface area contributed by atoms with Gasteiger partial charge in [-0.05, 0) is 53.7 Å². The Bertz CT molecular complexity index is 704. The highest BCUT2D eigenvalue weighted by Gasteiger charge is 2.32. The molecule has 1 aromatic carbocycles. The van der Waals surface area contributed by atoms with E-state index in [0.717, 1.165) is 12.1 Å². The zero-order valence-electron chi connectivity index (χ0n) is 15.4. The predicted octanol–water partition coefficient (Wildman–Crippen LogP) is 2.63. The summed E-state index contributed by atoms with van der Waals surface area (Å²) < 4.78 is 51.6. The molecule has 1 unspecified atom stereocenters. The van der Waals surface area contributed by atoms with Crippen LogP contribution in [0.4, 0.5) is 4.39 Å². The maximum Gasteiger partial charge on any atom is 0.327 e. The lowest BCUT2D eigenvalue weighted by Gasteiger charge is -2.27. The van der Waals surface area contributed by atoms with Gasteiger partial charge in [0.15, 0.2) is 0 Å². The van der Waals surface area contributed by atoms with Gasteiger partial charge in [-0.2, -0.15) is 4.72 Å². The average molecular weight is 375 g/mol. The van der Waals surface area contributed by atoms with E-state index in [4.69, 9.17) is 9.47 Å². The van der Waals surface area contributed by atoms with Crippen molar-refractivity contribution in [3.63, 3.8) is 0 Å². The van der Waals surface area contributed by atoms with Crippen molar-refractivity contribution < 1.29 is 27.1 Å². The summed E-state index contributed by atoms with van der Waals surface area (Å²) in [6.07, 6.45) is 0. The second-order valence-electron chi connectivity index (χ2n) is 7.56. The molecule has 0 saturated carbocycles. The molecule has 6 nitrogen and oxygen atoms in total. The second kappa shape index (κ2) is 7.80. The Morgan fingerprint density at radius 1 is 1.12 bits per heavy atom. The van der Waals surface area contributed by atoms with Crippen molar-refractivity contribution in [3.8, 4) is 0 Å². The Hall–Kier alpha value is -1.51. The van der Waals surface area contributed by atoms with Crippen LogP contribution < -0.4 is 4.72 Å². The number of benzene rings is 1. The molecule has 1 atom stereocenters. The van der Waals surface area contributed by atoms with Crippen molar-refractivity contribution in [2.24, 2.45) is 0 Å². The number of sulfonamides is 1. The normalized spacial score (nSPS) is 14.2. The number of carbonyl (C=O) groups is 1. The fourth-order valence-corrected chi connectivity index (χ4v) is 3.02. The smallest absolute Gasteiger partial charge is 0.327 e. The van der Waals surface area contributed by atoms with Gasteiger partial charge in [0.05, 0.1) is 12.2 Å². The van der Waals surface area contributed by atoms with Gasteiger partial charge in [0.1, 0.15) is 22.4 Å². The first kappa shape index (κ1) is 21.5. The summed E-state index contributed by atoms with van der Waals surface area (Å²) in [7, 11) is -4.26. The van der Waals surface area contributed by atoms with Crippen molar-refractivity contribution in [1.82, 2.24) is 4.72 Å². The minimum Gasteiger partial charge on any atom is -0.459 e. The average Bonchev–Trinajstić information content (AvgIpc) is 2.40. The van der Waals surface area contributed by atoms with Crippen molar-refractivity contribution in [1.29, 1.82) is 0 Å². The summed E-state index contributed by atoms with van der Waals surface area (Å²) in [6.45, 7) is 10.1. The summed E-state index contributed by atoms with van der Waals surface area (Å²) in [4.78, 5) is 11.8. The Balaban J connectivity index is 3.07. The molecule has 1 rings (SSSR count). The topological polar surface area (TPSA) is 81.7 Å². The molecule has 8 heteroatoms. The zero-order chi connectivity index (χ0) is 19.5. The Morgan fingerprint density at radius 3 is 2.16 bits per heavy atom. The molecule has 0 amide bonds. The van der Waals surface area contributed by atoms with Crippen LogP contribution in [0.15, 0.2) is 29.2 Å². The van der Waals surface area contributed by atoms with Gasteiger partial charge >= 0.3 is 5.97 Å². The van der Waals surface area contributed by atoms with E-state index in [1.54, 1.807) is 41.5 Å². The predicted molar refractivity (Wildman–Crippen MR) is 92.1 cm³/mol. The van der Waals surface area contributed by atoms with Crippen LogP contribution in [-0.4, -0.2) is 38.2 Å². The van der Waals surface area contributed by atoms with E-state index >= 15 is 0 Å². The molecule has 0 saturated heterocycles. The lowest BCUT2D eigenvalue weighted by molar-refractivity contribution is -0.159. The first-order valence-electron chi connectivity index (χ1n) is 7.85. The number of carbonyl (C=O) groups excluding carboxylic acids is 1. The largest absolute Gasteiger partial charge is 0.459 e. The molecule has 0 aliphatic rings. The third-order valence-corrected chi connectivity index (χ3v) is 4.30. The molecule has 0 aromatic heterocycles. The first-order valence-corrected chi connectivity index (χ1v) is 9.33. The number of nitrogens with one attached hydrogen (secondary N) is 1. The van der Waals surface area contributed by atoms with E-state index in [0.29, 0.717) is 0 Å². The Kier molecular flexibility index (Phi) is 6.72. The third-order valence-electron chi connectivity index (χ3n) is 2.80. The molecule has 25 heavy (non-hydrogen) atoms. The van der Waals surface area contributed by atoms with Crippen LogP contribution in [0.2, 0.25) is 0 Å². The highest BCUT2D eigenvalue weighted by atomic mass is 32.2. The number of hydrogen-bond acceptors (Lipinski definition) is 5. The zero-order valence-corrected chi connectivity index (χ0v) is 16.2. The molecular weight excluding hydrogens is 349 g/mol. The van der Waals surface area contributed by atoms with Crippen LogP contribution in [0.1, 0.15) is 41.5 Å². The fraction of sp³-hybridized carbons (Fsp3) is 0.588. The summed E-state index contributed by atoms with van der Waals surface area (Å²) >= 11 is 0. The van der Waals surface area contributed by atoms with Gasteiger partial charge in [0.2, 0.25) is 10.0 Å². The summed E-state index contributed by atoms with van der Waals surface area (Å²) in [5, 5.41) is 0. The van der Waals surface area contributed by atoms with E-state index in [1.165, 1.54) is 12.1 Å². The van der Waals surface area contributed by atoms with Crippen molar-refractivity contribution in [2.45, 2.75) is 63.7 Å². The van der Waals surface area contributed by atoms with E-state index in [9.17, 15) is 17.6 Å². The molecule has 0 bridgehead atoms. The second-order valence-corrected chi connectivity index (χ2v) is 9.24. The van der Waals surface area contributed by atoms with Crippen LogP contribution in [0.5, 0.6) is 0 Å². The molecule has 1 N–H and O–H groups in total. The van der Waals surface area contributed by atoms with Gasteiger partial charge in [0.25, 0.3) is 0 Å². The molecule has 142 valence electrons. The van der Waals surface area contributed by atoms with Gasteiger partial charge in [0, 0.05) is 0 Å². The van der Waals surface area contributed by atoms with Gasteiger partial charge in [-0.15, -0.1) is 0 Å². The van der Waals surface area contributed by atoms with Crippen LogP contribution >= 0.6 is 0 Å². The van der Waals surface area contributed by atoms with Gasteiger partial charge in [-0.3, -0.25) is 4.79 Å². The van der Waals surface area contributed by atoms with Crippen LogP contribution in [0.3, 0.4) is 0 Å². The molecule has 0 radical (unpaired) electrons. The summed E-state index contributed by atoms with van der Waals surface area (Å²) in [6, 6.07) is 3.62. The number of esters is 1. The number of rotatable bonds is 6. The van der Waals surface area contributed by atoms with E-state index in [2.05, 4.69) is 4.72 Å². The molecule has 0 aliphatic carbocycles. The van der Waals surface area contributed by atoms with Crippen LogP contribution in [-0.2, 0) is 24.3 Å². The lowest BCUT2D eigenvalue weighted by Crippen LogP contribution is -2.48. The number of halogens is 1. The molecule has 0 aliphatic heterocycles. The lowest BCUT2D eigenvalue weighted by atomic mass is 10.2. The van der Waals surface area contributed by atoms with Crippen LogP contribution in [0, 0.1) is 5.82 Å². The summed E-state index contributed by atoms with van der Waals surface area (Å²) in [5.41, 5.74) is -1.40. The first-order chi connectivity index (χ1) is 11.2. The minimum absolute atomic E-state index is 0.244. The monoisotopic (exact) mass is 375 g/mol. The van der Waals surface area contributed by atoms with E-state index < -0.39 is 43.9 Å². The molecule has 0 spiro atoms. The van der Waals surface area contributed by atoms with Crippen molar-refractivity contribution in [2.75, 3.05) is 6.61 Å². The van der Waals surface area contributed by atoms with E-state index in [1.807, 2.05) is 0 Å². The number of ether oxygens (including phenoxy) is 2. The summed E-state index contributed by atoms with van der Waals surface area (Å²) in [5.74, 6) is -1.70. The molecular formula is C17H26FNO5S. The van der Waals surface area contributed by atoms with Crippen molar-refractivity contribution in [3.05, 3.63) is 30.1 Å². The standard InChI is InChI=1S/C17H26FNO5S/c1-16(2,3)23-11-13(15(20)24-17(4,5)6)19-25(21,22)14-10-8-7-9-12(14)18/h7-10,13,19H,11H2,1-6H3. The van der Waals surface area contributed by atoms with E-state index in [-0.39, 0.29) is 6.61 Å². The minimum atomic E-state index is -4.26. The molecule has 0 fully saturated rings. The maximum absolute atomic E-state index is 13.8. The SMILES string of the molecule is CC(C)(C)OCC(NS(=O)(=O)c1ccccc1F)C(=O)OC(C)(C)C. The van der Waals surface area contributed by atoms with Gasteiger partial charge < -0.3 is 9.47 Å². The Labute approximate surface area is 148 Å². The molecule has 0 heterocycles. The highest BCUT2D eigenvalue weighted by Crippen LogP contribution is 2.16. The third kappa shape index (κ3) is 7.50. The van der Waals surface area contributed by atoms with Crippen molar-refractivity contribution >= 4 is 16.0 Å². The fourth-order valence-electron chi connectivity index (χ4n) is 1.77. The van der Waals surface area contributed by atoms with Gasteiger partial charge in [-0.1, -0.05) is 12.1 Å². The molecule has 1 aromatic rings. The quantitative estimate of drug-likeness (QED) is 0.773. The van der Waals surface area contributed by atoms with Crippen LogP contribution in [0.25, 0.3) is 0 Å². The highest BCUT2D eigenvalue weighted by molar-refractivity contribution is 7.89. The maximum atomic E-state index is 13.8.